The zero-order valence-electron chi connectivity index (χ0n) is 22.6. The predicted octanol–water partition coefficient (Wildman–Crippen LogP) is 3.22. The van der Waals surface area contributed by atoms with Crippen molar-refractivity contribution in [3.8, 4) is 0 Å². The molecule has 1 saturated heterocycles. The van der Waals surface area contributed by atoms with Crippen LogP contribution in [0, 0.1) is 0 Å². The van der Waals surface area contributed by atoms with Crippen molar-refractivity contribution >= 4 is 29.1 Å². The fraction of sp³-hybridized carbons (Fsp3) is 0.355. The Balaban J connectivity index is 1.30. The highest BCUT2D eigenvalue weighted by molar-refractivity contribution is 6.07. The smallest absolute Gasteiger partial charge is 0.255 e. The second-order valence-electron chi connectivity index (χ2n) is 10.5. The second-order valence-corrected chi connectivity index (χ2v) is 10.5. The lowest BCUT2D eigenvalue weighted by Gasteiger charge is -2.37. The topological polar surface area (TPSA) is 121 Å². The van der Waals surface area contributed by atoms with Crippen LogP contribution >= 0.6 is 0 Å². The van der Waals surface area contributed by atoms with Crippen LogP contribution < -0.4 is 21.3 Å². The fourth-order valence-corrected chi connectivity index (χ4v) is 5.36. The van der Waals surface area contributed by atoms with E-state index >= 15 is 0 Å². The zero-order chi connectivity index (χ0) is 27.9. The third kappa shape index (κ3) is 6.84. The minimum Gasteiger partial charge on any atom is -0.366 e. The minimum atomic E-state index is -0.279. The van der Waals surface area contributed by atoms with Gasteiger partial charge in [0.15, 0.2) is 0 Å². The first-order chi connectivity index (χ1) is 19.5. The van der Waals surface area contributed by atoms with E-state index in [0.29, 0.717) is 49.4 Å². The molecule has 2 fully saturated rings. The van der Waals surface area contributed by atoms with Crippen molar-refractivity contribution in [2.24, 2.45) is 5.73 Å². The summed E-state index contributed by atoms with van der Waals surface area (Å²) in [7, 11) is 0. The number of hydrogen-bond acceptors (Lipinski definition) is 6. The van der Waals surface area contributed by atoms with Gasteiger partial charge in [-0.3, -0.25) is 19.4 Å². The molecule has 9 heteroatoms. The van der Waals surface area contributed by atoms with Gasteiger partial charge in [-0.25, -0.2) is 0 Å². The fourth-order valence-electron chi connectivity index (χ4n) is 5.36. The molecule has 1 aliphatic carbocycles. The van der Waals surface area contributed by atoms with Crippen molar-refractivity contribution in [2.45, 2.75) is 44.2 Å². The van der Waals surface area contributed by atoms with Crippen LogP contribution in [0.15, 0.2) is 73.1 Å². The number of pyridine rings is 1. The van der Waals surface area contributed by atoms with E-state index in [1.165, 1.54) is 0 Å². The van der Waals surface area contributed by atoms with Crippen LogP contribution in [0.4, 0.5) is 11.4 Å². The molecule has 2 heterocycles. The minimum absolute atomic E-state index is 0.100. The number of piperazine rings is 1. The zero-order valence-corrected chi connectivity index (χ0v) is 22.6. The molecule has 40 heavy (non-hydrogen) atoms. The van der Waals surface area contributed by atoms with E-state index in [-0.39, 0.29) is 29.8 Å². The van der Waals surface area contributed by atoms with Crippen LogP contribution in [0.2, 0.25) is 0 Å². The molecule has 1 saturated carbocycles. The summed E-state index contributed by atoms with van der Waals surface area (Å²) in [6.45, 7) is 2.39. The molecule has 0 unspecified atom stereocenters. The number of nitrogens with one attached hydrogen (secondary N) is 2. The van der Waals surface area contributed by atoms with Crippen molar-refractivity contribution in [1.29, 1.82) is 0 Å². The van der Waals surface area contributed by atoms with Crippen molar-refractivity contribution in [3.63, 3.8) is 0 Å². The lowest BCUT2D eigenvalue weighted by atomic mass is 9.91. The number of amides is 3. The van der Waals surface area contributed by atoms with Gasteiger partial charge in [0.05, 0.1) is 17.8 Å². The number of carbonyl (C=O) groups excluding carboxylic acids is 3. The van der Waals surface area contributed by atoms with Crippen LogP contribution in [0.25, 0.3) is 0 Å². The van der Waals surface area contributed by atoms with Crippen LogP contribution in [-0.4, -0.2) is 65.9 Å². The standard InChI is InChI=1S/C31H36N6O3/c32-25-7-9-26(10-8-25)34-31(40)24-6-11-28(27(21-24)35-30(39)23-12-14-33-15-13-23)36-16-18-37(19-17-36)29(38)20-22-4-2-1-3-5-22/h1-6,11-15,21,25-26H,7-10,16-20,32H2,(H,34,40)(H,35,39). The molecule has 9 nitrogen and oxygen atoms in total. The van der Waals surface area contributed by atoms with E-state index < -0.39 is 0 Å². The van der Waals surface area contributed by atoms with Crippen LogP contribution in [0.1, 0.15) is 52.0 Å². The highest BCUT2D eigenvalue weighted by Crippen LogP contribution is 2.29. The van der Waals surface area contributed by atoms with Gasteiger partial charge in [0.1, 0.15) is 0 Å². The molecular formula is C31H36N6O3. The third-order valence-electron chi connectivity index (χ3n) is 7.73. The molecule has 4 N–H and O–H groups in total. The Labute approximate surface area is 234 Å². The van der Waals surface area contributed by atoms with Gasteiger partial charge < -0.3 is 26.2 Å². The average molecular weight is 541 g/mol. The van der Waals surface area contributed by atoms with Gasteiger partial charge in [0.25, 0.3) is 11.8 Å². The summed E-state index contributed by atoms with van der Waals surface area (Å²) < 4.78 is 0. The van der Waals surface area contributed by atoms with Gasteiger partial charge in [0, 0.05) is 61.8 Å². The molecule has 0 spiro atoms. The average Bonchev–Trinajstić information content (AvgIpc) is 2.99. The van der Waals surface area contributed by atoms with Gasteiger partial charge in [-0.2, -0.15) is 0 Å². The molecule has 0 bridgehead atoms. The molecule has 3 amide bonds. The lowest BCUT2D eigenvalue weighted by molar-refractivity contribution is -0.130. The van der Waals surface area contributed by atoms with Gasteiger partial charge in [-0.15, -0.1) is 0 Å². The van der Waals surface area contributed by atoms with Crippen molar-refractivity contribution in [2.75, 3.05) is 36.4 Å². The molecule has 1 aromatic heterocycles. The first-order valence-electron chi connectivity index (χ1n) is 13.9. The van der Waals surface area contributed by atoms with Gasteiger partial charge in [-0.1, -0.05) is 30.3 Å². The van der Waals surface area contributed by atoms with Crippen molar-refractivity contribution in [1.82, 2.24) is 15.2 Å². The number of rotatable bonds is 7. The first-order valence-corrected chi connectivity index (χ1v) is 13.9. The molecule has 5 rings (SSSR count). The highest BCUT2D eigenvalue weighted by Gasteiger charge is 2.25. The monoisotopic (exact) mass is 540 g/mol. The maximum Gasteiger partial charge on any atom is 0.255 e. The Morgan fingerprint density at radius 3 is 2.23 bits per heavy atom. The Morgan fingerprint density at radius 2 is 1.52 bits per heavy atom. The lowest BCUT2D eigenvalue weighted by Crippen LogP contribution is -2.49. The van der Waals surface area contributed by atoms with E-state index in [2.05, 4.69) is 20.5 Å². The quantitative estimate of drug-likeness (QED) is 0.423. The number of benzene rings is 2. The summed E-state index contributed by atoms with van der Waals surface area (Å²) in [6, 6.07) is 18.8. The van der Waals surface area contributed by atoms with E-state index in [9.17, 15) is 14.4 Å². The Hall–Kier alpha value is -4.24. The molecule has 208 valence electrons. The summed E-state index contributed by atoms with van der Waals surface area (Å²) in [5.74, 6) is -0.338. The molecule has 2 aromatic carbocycles. The van der Waals surface area contributed by atoms with Gasteiger partial charge >= 0.3 is 0 Å². The summed E-state index contributed by atoms with van der Waals surface area (Å²) in [4.78, 5) is 47.1. The number of anilines is 2. The number of hydrogen-bond donors (Lipinski definition) is 3. The van der Waals surface area contributed by atoms with E-state index in [0.717, 1.165) is 36.9 Å². The predicted molar refractivity (Wildman–Crippen MR) is 155 cm³/mol. The first kappa shape index (κ1) is 27.3. The summed E-state index contributed by atoms with van der Waals surface area (Å²) in [5, 5.41) is 6.14. The van der Waals surface area contributed by atoms with Crippen LogP contribution in [-0.2, 0) is 11.2 Å². The Morgan fingerprint density at radius 1 is 0.825 bits per heavy atom. The summed E-state index contributed by atoms with van der Waals surface area (Å²) >= 11 is 0. The largest absolute Gasteiger partial charge is 0.366 e. The van der Waals surface area contributed by atoms with Crippen molar-refractivity contribution < 1.29 is 14.4 Å². The SMILES string of the molecule is NC1CCC(NC(=O)c2ccc(N3CCN(C(=O)Cc4ccccc4)CC3)c(NC(=O)c3ccncc3)c2)CC1. The number of nitrogens with zero attached hydrogens (tertiary/aromatic N) is 3. The van der Waals surface area contributed by atoms with Crippen LogP contribution in [0.3, 0.4) is 0 Å². The molecule has 0 radical (unpaired) electrons. The number of aromatic nitrogens is 1. The number of nitrogens with two attached hydrogens (primary N) is 1. The summed E-state index contributed by atoms with van der Waals surface area (Å²) in [5.41, 5.74) is 9.36. The molecule has 2 aliphatic rings. The Bertz CT molecular complexity index is 1320. The maximum atomic E-state index is 13.1. The third-order valence-corrected chi connectivity index (χ3v) is 7.73. The second kappa shape index (κ2) is 12.7. The summed E-state index contributed by atoms with van der Waals surface area (Å²) in [6.07, 6.45) is 7.05. The van der Waals surface area contributed by atoms with Crippen molar-refractivity contribution in [3.05, 3.63) is 89.7 Å². The molecule has 3 aromatic rings. The van der Waals surface area contributed by atoms with Gasteiger partial charge in [0.2, 0.25) is 5.91 Å². The number of carbonyl (C=O) groups is 3. The molecule has 0 atom stereocenters. The Kier molecular flexibility index (Phi) is 8.71. The van der Waals surface area contributed by atoms with E-state index in [4.69, 9.17) is 5.73 Å². The van der Waals surface area contributed by atoms with Crippen LogP contribution in [0.5, 0.6) is 0 Å². The highest BCUT2D eigenvalue weighted by atomic mass is 16.2. The molecule has 1 aliphatic heterocycles. The molecular weight excluding hydrogens is 504 g/mol. The van der Waals surface area contributed by atoms with E-state index in [1.807, 2.05) is 41.3 Å². The normalized spacial score (nSPS) is 19.1. The van der Waals surface area contributed by atoms with E-state index in [1.54, 1.807) is 36.7 Å². The maximum absolute atomic E-state index is 13.1. The van der Waals surface area contributed by atoms with Gasteiger partial charge in [-0.05, 0) is 61.6 Å².